The standard InChI is InChI=1S/C20H16F3NO4S/c1-12-8-19(26)28-16-9-13(6-7-14(12)16)27-10-18(25)24-15-4-2-3-5-17(15)29-11-20(21,22)23/h2-9H,10-11H2,1H3,(H,24,25). The van der Waals surface area contributed by atoms with Crippen LogP contribution in [0.5, 0.6) is 5.75 Å². The summed E-state index contributed by atoms with van der Waals surface area (Å²) in [5.74, 6) is -1.27. The van der Waals surface area contributed by atoms with Crippen molar-refractivity contribution in [3.63, 3.8) is 0 Å². The molecule has 9 heteroatoms. The van der Waals surface area contributed by atoms with E-state index < -0.39 is 23.5 Å². The fourth-order valence-corrected chi connectivity index (χ4v) is 3.35. The van der Waals surface area contributed by atoms with Gasteiger partial charge in [-0.1, -0.05) is 12.1 Å². The van der Waals surface area contributed by atoms with E-state index in [1.54, 1.807) is 31.2 Å². The van der Waals surface area contributed by atoms with Crippen molar-refractivity contribution < 1.29 is 27.1 Å². The summed E-state index contributed by atoms with van der Waals surface area (Å²) in [4.78, 5) is 24.0. The van der Waals surface area contributed by atoms with Crippen molar-refractivity contribution in [2.45, 2.75) is 18.0 Å². The van der Waals surface area contributed by atoms with E-state index in [9.17, 15) is 22.8 Å². The predicted molar refractivity (Wildman–Crippen MR) is 105 cm³/mol. The van der Waals surface area contributed by atoms with Crippen molar-refractivity contribution in [2.75, 3.05) is 17.7 Å². The Morgan fingerprint density at radius 2 is 1.93 bits per heavy atom. The lowest BCUT2D eigenvalue weighted by atomic mass is 10.1. The van der Waals surface area contributed by atoms with Gasteiger partial charge in [0.2, 0.25) is 0 Å². The lowest BCUT2D eigenvalue weighted by Crippen LogP contribution is -2.20. The molecule has 152 valence electrons. The number of amides is 1. The van der Waals surface area contributed by atoms with Gasteiger partial charge in [-0.3, -0.25) is 4.79 Å². The molecule has 2 aromatic carbocycles. The Kier molecular flexibility index (Phi) is 6.17. The van der Waals surface area contributed by atoms with Gasteiger partial charge in [-0.05, 0) is 36.8 Å². The molecule has 0 bridgehead atoms. The number of halogens is 3. The van der Waals surface area contributed by atoms with Crippen LogP contribution in [0, 0.1) is 6.92 Å². The van der Waals surface area contributed by atoms with Crippen LogP contribution in [-0.2, 0) is 4.79 Å². The molecule has 0 saturated heterocycles. The summed E-state index contributed by atoms with van der Waals surface area (Å²) in [6.45, 7) is 1.42. The first kappa shape index (κ1) is 20.8. The molecule has 1 amide bonds. The third-order valence-corrected chi connectivity index (χ3v) is 4.98. The van der Waals surface area contributed by atoms with Crippen molar-refractivity contribution in [3.8, 4) is 5.75 Å². The Balaban J connectivity index is 1.65. The first-order chi connectivity index (χ1) is 13.7. The molecule has 0 fully saturated rings. The first-order valence-corrected chi connectivity index (χ1v) is 9.45. The largest absolute Gasteiger partial charge is 0.484 e. The van der Waals surface area contributed by atoms with Gasteiger partial charge in [0.05, 0.1) is 11.4 Å². The summed E-state index contributed by atoms with van der Waals surface area (Å²) in [6, 6.07) is 12.5. The minimum atomic E-state index is -4.31. The number of rotatable bonds is 6. The van der Waals surface area contributed by atoms with Crippen LogP contribution in [-0.4, -0.2) is 24.4 Å². The monoisotopic (exact) mass is 423 g/mol. The van der Waals surface area contributed by atoms with E-state index in [1.807, 2.05) is 0 Å². The zero-order valence-corrected chi connectivity index (χ0v) is 16.0. The molecule has 1 N–H and O–H groups in total. The van der Waals surface area contributed by atoms with E-state index in [1.165, 1.54) is 24.3 Å². The highest BCUT2D eigenvalue weighted by atomic mass is 32.2. The van der Waals surface area contributed by atoms with Crippen LogP contribution in [0.3, 0.4) is 0 Å². The van der Waals surface area contributed by atoms with Gasteiger partial charge in [0.1, 0.15) is 11.3 Å². The number of anilines is 1. The molecule has 0 aliphatic carbocycles. The number of fused-ring (bicyclic) bond motifs is 1. The maximum Gasteiger partial charge on any atom is 0.398 e. The van der Waals surface area contributed by atoms with Gasteiger partial charge in [-0.25, -0.2) is 4.79 Å². The molecule has 1 heterocycles. The number of hydrogen-bond acceptors (Lipinski definition) is 5. The second kappa shape index (κ2) is 8.60. The van der Waals surface area contributed by atoms with Crippen LogP contribution in [0.4, 0.5) is 18.9 Å². The minimum Gasteiger partial charge on any atom is -0.484 e. The Morgan fingerprint density at radius 3 is 2.69 bits per heavy atom. The molecule has 3 rings (SSSR count). The summed E-state index contributed by atoms with van der Waals surface area (Å²) in [7, 11) is 0. The molecule has 0 aliphatic rings. The summed E-state index contributed by atoms with van der Waals surface area (Å²) in [5.41, 5.74) is 0.878. The fourth-order valence-electron chi connectivity index (χ4n) is 2.59. The second-order valence-electron chi connectivity index (χ2n) is 6.14. The van der Waals surface area contributed by atoms with Crippen LogP contribution in [0.25, 0.3) is 11.0 Å². The van der Waals surface area contributed by atoms with Crippen molar-refractivity contribution in [3.05, 3.63) is 64.5 Å². The zero-order valence-electron chi connectivity index (χ0n) is 15.2. The molecular weight excluding hydrogens is 407 g/mol. The number of carbonyl (C=O) groups is 1. The fraction of sp³-hybridized carbons (Fsp3) is 0.200. The summed E-state index contributed by atoms with van der Waals surface area (Å²) in [6.07, 6.45) is -4.31. The number of nitrogens with one attached hydrogen (secondary N) is 1. The van der Waals surface area contributed by atoms with Gasteiger partial charge in [-0.15, -0.1) is 11.8 Å². The molecule has 0 spiro atoms. The predicted octanol–water partition coefficient (Wildman–Crippen LogP) is 4.77. The van der Waals surface area contributed by atoms with Crippen molar-refractivity contribution >= 4 is 34.3 Å². The van der Waals surface area contributed by atoms with Crippen LogP contribution < -0.4 is 15.7 Å². The summed E-state index contributed by atoms with van der Waals surface area (Å²) < 4.78 is 47.9. The normalized spacial score (nSPS) is 11.4. The van der Waals surface area contributed by atoms with Gasteiger partial charge in [0.25, 0.3) is 5.91 Å². The number of carbonyl (C=O) groups excluding carboxylic acids is 1. The number of para-hydroxylation sites is 1. The topological polar surface area (TPSA) is 68.5 Å². The number of ether oxygens (including phenoxy) is 1. The molecule has 0 aliphatic heterocycles. The van der Waals surface area contributed by atoms with Gasteiger partial charge in [0.15, 0.2) is 6.61 Å². The molecule has 3 aromatic rings. The average Bonchev–Trinajstić information content (AvgIpc) is 2.64. The van der Waals surface area contributed by atoms with E-state index in [0.29, 0.717) is 28.0 Å². The Hall–Kier alpha value is -2.94. The molecule has 0 saturated carbocycles. The third kappa shape index (κ3) is 5.77. The van der Waals surface area contributed by atoms with E-state index in [2.05, 4.69) is 5.32 Å². The highest BCUT2D eigenvalue weighted by Crippen LogP contribution is 2.32. The summed E-state index contributed by atoms with van der Waals surface area (Å²) >= 11 is 0.592. The van der Waals surface area contributed by atoms with Gasteiger partial charge in [-0.2, -0.15) is 13.2 Å². The number of benzene rings is 2. The Labute approximate surface area is 167 Å². The SMILES string of the molecule is Cc1cc(=O)oc2cc(OCC(=O)Nc3ccccc3SCC(F)(F)F)ccc12. The number of hydrogen-bond donors (Lipinski definition) is 1. The third-order valence-electron chi connectivity index (χ3n) is 3.85. The quantitative estimate of drug-likeness (QED) is 0.457. The van der Waals surface area contributed by atoms with E-state index >= 15 is 0 Å². The number of aryl methyl sites for hydroxylation is 1. The maximum absolute atomic E-state index is 12.4. The van der Waals surface area contributed by atoms with E-state index in [4.69, 9.17) is 9.15 Å². The molecular formula is C20H16F3NO4S. The first-order valence-electron chi connectivity index (χ1n) is 8.47. The average molecular weight is 423 g/mol. The number of alkyl halides is 3. The molecule has 0 radical (unpaired) electrons. The zero-order chi connectivity index (χ0) is 21.0. The minimum absolute atomic E-state index is 0.274. The maximum atomic E-state index is 12.4. The second-order valence-corrected chi connectivity index (χ2v) is 7.16. The Morgan fingerprint density at radius 1 is 1.17 bits per heavy atom. The Bertz CT molecular complexity index is 1100. The molecule has 1 aromatic heterocycles. The lowest BCUT2D eigenvalue weighted by molar-refractivity contribution is -0.118. The van der Waals surface area contributed by atoms with Crippen LogP contribution in [0.15, 0.2) is 62.6 Å². The van der Waals surface area contributed by atoms with E-state index in [0.717, 1.165) is 10.9 Å². The molecule has 0 atom stereocenters. The van der Waals surface area contributed by atoms with Crippen LogP contribution in [0.1, 0.15) is 5.56 Å². The summed E-state index contributed by atoms with van der Waals surface area (Å²) in [5, 5.41) is 3.29. The highest BCUT2D eigenvalue weighted by Gasteiger charge is 2.27. The smallest absolute Gasteiger partial charge is 0.398 e. The van der Waals surface area contributed by atoms with Crippen LogP contribution in [0.2, 0.25) is 0 Å². The highest BCUT2D eigenvalue weighted by molar-refractivity contribution is 7.99. The number of thioether (sulfide) groups is 1. The van der Waals surface area contributed by atoms with Gasteiger partial charge in [0, 0.05) is 22.4 Å². The van der Waals surface area contributed by atoms with Gasteiger partial charge >= 0.3 is 11.8 Å². The van der Waals surface area contributed by atoms with Gasteiger partial charge < -0.3 is 14.5 Å². The van der Waals surface area contributed by atoms with Crippen molar-refractivity contribution in [1.29, 1.82) is 0 Å². The van der Waals surface area contributed by atoms with Crippen LogP contribution >= 0.6 is 11.8 Å². The molecule has 5 nitrogen and oxygen atoms in total. The van der Waals surface area contributed by atoms with E-state index in [-0.39, 0.29) is 12.3 Å². The lowest BCUT2D eigenvalue weighted by Gasteiger charge is -2.12. The van der Waals surface area contributed by atoms with Crippen molar-refractivity contribution in [1.82, 2.24) is 0 Å². The van der Waals surface area contributed by atoms with Crippen molar-refractivity contribution in [2.24, 2.45) is 0 Å². The molecule has 0 unspecified atom stereocenters. The molecule has 29 heavy (non-hydrogen) atoms.